The minimum absolute atomic E-state index is 0.111. The number of aliphatic hydroxyl groups excluding tert-OH is 1. The maximum Gasteiger partial charge on any atom is 0.222 e. The summed E-state index contributed by atoms with van der Waals surface area (Å²) in [5.41, 5.74) is 9.57. The molecule has 7 heteroatoms. The van der Waals surface area contributed by atoms with E-state index in [0.717, 1.165) is 54.6 Å². The molecule has 1 atom stereocenters. The van der Waals surface area contributed by atoms with E-state index in [4.69, 9.17) is 5.73 Å². The maximum atomic E-state index is 10.6. The molecule has 0 amide bonds. The molecule has 0 aliphatic heterocycles. The molecule has 2 rings (SSSR count). The number of phenols is 1. The van der Waals surface area contributed by atoms with Crippen molar-refractivity contribution in [1.82, 2.24) is 14.9 Å². The molecule has 166 valence electrons. The number of anilines is 2. The number of aromatic nitrogens is 2. The number of aromatic hydroxyl groups is 1. The Kier molecular flexibility index (Phi) is 9.33. The van der Waals surface area contributed by atoms with Gasteiger partial charge in [-0.3, -0.25) is 0 Å². The number of nitrogens with one attached hydrogen (secondary N) is 1. The Labute approximate surface area is 180 Å². The average Bonchev–Trinajstić information content (AvgIpc) is 2.66. The van der Waals surface area contributed by atoms with Crippen molar-refractivity contribution < 1.29 is 10.2 Å². The number of benzene rings is 1. The highest BCUT2D eigenvalue weighted by Crippen LogP contribution is 2.28. The van der Waals surface area contributed by atoms with Gasteiger partial charge in [-0.25, -0.2) is 4.98 Å². The van der Waals surface area contributed by atoms with E-state index in [1.807, 2.05) is 19.1 Å². The summed E-state index contributed by atoms with van der Waals surface area (Å²) in [6, 6.07) is 6.03. The molecule has 1 aromatic carbocycles. The van der Waals surface area contributed by atoms with Gasteiger partial charge in [0.2, 0.25) is 5.95 Å². The van der Waals surface area contributed by atoms with E-state index in [0.29, 0.717) is 24.4 Å². The number of hydrogen-bond donors (Lipinski definition) is 4. The van der Waals surface area contributed by atoms with E-state index in [1.54, 1.807) is 0 Å². The van der Waals surface area contributed by atoms with Crippen LogP contribution in [0, 0.1) is 6.92 Å². The average molecular weight is 416 g/mol. The van der Waals surface area contributed by atoms with Crippen LogP contribution in [-0.4, -0.2) is 58.4 Å². The molecular weight excluding hydrogens is 378 g/mol. The Balaban J connectivity index is 2.22. The van der Waals surface area contributed by atoms with Crippen LogP contribution in [0.5, 0.6) is 5.75 Å². The molecule has 0 bridgehead atoms. The summed E-state index contributed by atoms with van der Waals surface area (Å²) in [5.74, 6) is 1.19. The molecule has 0 spiro atoms. The van der Waals surface area contributed by atoms with Crippen LogP contribution in [-0.2, 0) is 12.8 Å². The minimum atomic E-state index is 0.111. The van der Waals surface area contributed by atoms with Crippen molar-refractivity contribution in [2.75, 3.05) is 38.3 Å². The predicted octanol–water partition coefficient (Wildman–Crippen LogP) is 3.12. The van der Waals surface area contributed by atoms with Crippen molar-refractivity contribution in [3.8, 4) is 5.75 Å². The molecule has 0 aliphatic rings. The monoisotopic (exact) mass is 415 g/mol. The topological polar surface area (TPSA) is 108 Å². The molecule has 5 N–H and O–H groups in total. The molecule has 0 saturated heterocycles. The van der Waals surface area contributed by atoms with Gasteiger partial charge < -0.3 is 26.2 Å². The minimum Gasteiger partial charge on any atom is -0.508 e. The van der Waals surface area contributed by atoms with E-state index in [2.05, 4.69) is 47.3 Å². The molecule has 0 aliphatic carbocycles. The van der Waals surface area contributed by atoms with Crippen molar-refractivity contribution in [2.24, 2.45) is 0 Å². The number of phenolic OH excluding ortho intramolecular Hbond substituents is 1. The lowest BCUT2D eigenvalue weighted by molar-refractivity contribution is 0.276. The van der Waals surface area contributed by atoms with Crippen LogP contribution in [0.15, 0.2) is 18.2 Å². The second kappa shape index (κ2) is 11.7. The third-order valence-corrected chi connectivity index (χ3v) is 5.27. The van der Waals surface area contributed by atoms with Crippen LogP contribution >= 0.6 is 0 Å². The molecular formula is C23H37N5O2. The van der Waals surface area contributed by atoms with Gasteiger partial charge in [0.25, 0.3) is 0 Å². The summed E-state index contributed by atoms with van der Waals surface area (Å²) >= 11 is 0. The van der Waals surface area contributed by atoms with E-state index >= 15 is 0 Å². The lowest BCUT2D eigenvalue weighted by Crippen LogP contribution is -2.23. The van der Waals surface area contributed by atoms with Gasteiger partial charge in [0, 0.05) is 30.3 Å². The van der Waals surface area contributed by atoms with Crippen LogP contribution in [0.1, 0.15) is 55.0 Å². The molecule has 0 saturated carbocycles. The molecule has 0 fully saturated rings. The van der Waals surface area contributed by atoms with Gasteiger partial charge in [0.15, 0.2) is 0 Å². The normalized spacial score (nSPS) is 12.3. The Hall–Kier alpha value is -2.38. The summed E-state index contributed by atoms with van der Waals surface area (Å²) in [5, 5.41) is 23.4. The number of rotatable bonds is 12. The van der Waals surface area contributed by atoms with Crippen molar-refractivity contribution in [1.29, 1.82) is 0 Å². The van der Waals surface area contributed by atoms with Crippen LogP contribution in [0.25, 0.3) is 0 Å². The van der Waals surface area contributed by atoms with Crippen LogP contribution < -0.4 is 11.1 Å². The largest absolute Gasteiger partial charge is 0.508 e. The molecule has 7 nitrogen and oxygen atoms in total. The van der Waals surface area contributed by atoms with Crippen LogP contribution in [0.4, 0.5) is 11.8 Å². The highest BCUT2D eigenvalue weighted by atomic mass is 16.3. The van der Waals surface area contributed by atoms with E-state index in [9.17, 15) is 10.2 Å². The number of nitrogen functional groups attached to an aromatic ring is 1. The molecule has 2 aromatic rings. The van der Waals surface area contributed by atoms with E-state index in [-0.39, 0.29) is 18.6 Å². The number of aryl methyl sites for hydroxylation is 2. The first-order valence-electron chi connectivity index (χ1n) is 10.8. The zero-order valence-corrected chi connectivity index (χ0v) is 18.8. The fraction of sp³-hybridized carbons (Fsp3) is 0.565. The number of aliphatic hydroxyl groups is 1. The number of nitrogens with two attached hydrogens (primary N) is 1. The Morgan fingerprint density at radius 3 is 2.60 bits per heavy atom. The predicted molar refractivity (Wildman–Crippen MR) is 123 cm³/mol. The van der Waals surface area contributed by atoms with E-state index in [1.165, 1.54) is 0 Å². The first kappa shape index (κ1) is 23.9. The molecule has 1 heterocycles. The Morgan fingerprint density at radius 1 is 1.20 bits per heavy atom. The molecule has 30 heavy (non-hydrogen) atoms. The second-order valence-corrected chi connectivity index (χ2v) is 8.18. The van der Waals surface area contributed by atoms with Gasteiger partial charge >= 0.3 is 0 Å². The molecule has 1 aromatic heterocycles. The first-order chi connectivity index (χ1) is 14.3. The Morgan fingerprint density at radius 2 is 1.97 bits per heavy atom. The lowest BCUT2D eigenvalue weighted by Gasteiger charge is -2.21. The summed E-state index contributed by atoms with van der Waals surface area (Å²) < 4.78 is 0. The highest BCUT2D eigenvalue weighted by molar-refractivity contribution is 5.53. The quantitative estimate of drug-likeness (QED) is 0.422. The fourth-order valence-electron chi connectivity index (χ4n) is 3.64. The third kappa shape index (κ3) is 7.15. The van der Waals surface area contributed by atoms with Gasteiger partial charge in [-0.15, -0.1) is 0 Å². The van der Waals surface area contributed by atoms with E-state index < -0.39 is 0 Å². The van der Waals surface area contributed by atoms with Gasteiger partial charge in [-0.2, -0.15) is 4.98 Å². The van der Waals surface area contributed by atoms with Crippen molar-refractivity contribution >= 4 is 11.8 Å². The van der Waals surface area contributed by atoms with Crippen LogP contribution in [0.2, 0.25) is 0 Å². The maximum absolute atomic E-state index is 10.6. The lowest BCUT2D eigenvalue weighted by atomic mass is 9.99. The zero-order valence-electron chi connectivity index (χ0n) is 18.8. The number of nitrogens with zero attached hydrogens (tertiary/aromatic N) is 3. The molecule has 0 radical (unpaired) electrons. The van der Waals surface area contributed by atoms with Gasteiger partial charge in [0.05, 0.1) is 0 Å². The van der Waals surface area contributed by atoms with Gasteiger partial charge in [-0.1, -0.05) is 25.5 Å². The summed E-state index contributed by atoms with van der Waals surface area (Å²) in [4.78, 5) is 10.9. The summed E-state index contributed by atoms with van der Waals surface area (Å²) in [6.45, 7) is 5.16. The van der Waals surface area contributed by atoms with Gasteiger partial charge in [-0.05, 0) is 70.4 Å². The van der Waals surface area contributed by atoms with Gasteiger partial charge in [0.1, 0.15) is 11.6 Å². The third-order valence-electron chi connectivity index (χ3n) is 5.27. The number of hydrogen-bond acceptors (Lipinski definition) is 7. The highest BCUT2D eigenvalue weighted by Gasteiger charge is 2.17. The van der Waals surface area contributed by atoms with Crippen molar-refractivity contribution in [2.45, 2.75) is 58.4 Å². The van der Waals surface area contributed by atoms with Crippen LogP contribution in [0.3, 0.4) is 0 Å². The standard InChI is InChI=1S/C23H37N5O2/c1-5-7-19(11-13-29)26-22-20(16(2)25-23(24)27-22)15-18-10-9-17(14-21(18)30)8-6-12-28(3)4/h9-10,14,19,29-30H,5-8,11-13,15H2,1-4H3,(H3,24,25,26,27). The molecule has 1 unspecified atom stereocenters. The summed E-state index contributed by atoms with van der Waals surface area (Å²) in [7, 11) is 4.13. The zero-order chi connectivity index (χ0) is 22.1. The SMILES string of the molecule is CCCC(CCO)Nc1nc(N)nc(C)c1Cc1ccc(CCCN(C)C)cc1O. The van der Waals surface area contributed by atoms with Crippen molar-refractivity contribution in [3.63, 3.8) is 0 Å². The smallest absolute Gasteiger partial charge is 0.222 e. The summed E-state index contributed by atoms with van der Waals surface area (Å²) in [6.07, 6.45) is 5.06. The second-order valence-electron chi connectivity index (χ2n) is 8.18. The first-order valence-corrected chi connectivity index (χ1v) is 10.8. The Bertz CT molecular complexity index is 804. The fourth-order valence-corrected chi connectivity index (χ4v) is 3.64. The van der Waals surface area contributed by atoms with Crippen molar-refractivity contribution in [3.05, 3.63) is 40.6 Å².